The van der Waals surface area contributed by atoms with Crippen LogP contribution in [-0.4, -0.2) is 14.0 Å². The van der Waals surface area contributed by atoms with Crippen molar-refractivity contribution in [2.24, 2.45) is 0 Å². The van der Waals surface area contributed by atoms with E-state index in [2.05, 4.69) is 10.6 Å². The van der Waals surface area contributed by atoms with E-state index >= 15 is 0 Å². The summed E-state index contributed by atoms with van der Waals surface area (Å²) in [6.45, 7) is 0. The lowest BCUT2D eigenvalue weighted by Crippen LogP contribution is -2.48. The third-order valence-corrected chi connectivity index (χ3v) is 5.32. The predicted octanol–water partition coefficient (Wildman–Crippen LogP) is 3.32. The van der Waals surface area contributed by atoms with E-state index in [1.807, 2.05) is 0 Å². The van der Waals surface area contributed by atoms with E-state index in [1.165, 1.54) is 0 Å². The van der Waals surface area contributed by atoms with Gasteiger partial charge in [0.15, 0.2) is 0 Å². The van der Waals surface area contributed by atoms with Crippen LogP contribution in [0.5, 0.6) is 0 Å². The zero-order valence-corrected chi connectivity index (χ0v) is 12.6. The van der Waals surface area contributed by atoms with Gasteiger partial charge >= 0.3 is 6.18 Å². The number of benzene rings is 1. The Morgan fingerprint density at radius 2 is 1.82 bits per heavy atom. The Hall–Kier alpha value is -1.52. The van der Waals surface area contributed by atoms with Crippen molar-refractivity contribution in [3.63, 3.8) is 0 Å². The number of hydrogen-bond acceptors (Lipinski definition) is 2. The molecule has 7 heteroatoms. The Morgan fingerprint density at radius 3 is 2.36 bits per heavy atom. The van der Waals surface area contributed by atoms with Crippen LogP contribution in [0.4, 0.5) is 13.2 Å². The first kappa shape index (κ1) is 16.8. The number of alkyl halides is 3. The first-order valence-corrected chi connectivity index (χ1v) is 8.36. The highest BCUT2D eigenvalue weighted by molar-refractivity contribution is 7.89. The fourth-order valence-corrected chi connectivity index (χ4v) is 4.02. The minimum Gasteiger partial charge on any atom is -0.207 e. The molecule has 0 radical (unpaired) electrons. The minimum atomic E-state index is -4.60. The molecule has 3 nitrogen and oxygen atoms in total. The van der Waals surface area contributed by atoms with Gasteiger partial charge in [-0.3, -0.25) is 0 Å². The van der Waals surface area contributed by atoms with E-state index in [9.17, 15) is 21.6 Å². The van der Waals surface area contributed by atoms with Gasteiger partial charge in [-0.05, 0) is 31.0 Å². The smallest absolute Gasteiger partial charge is 0.207 e. The Balaban J connectivity index is 2.33. The molecule has 1 fully saturated rings. The van der Waals surface area contributed by atoms with Crippen LogP contribution in [-0.2, 0) is 16.2 Å². The molecule has 0 atom stereocenters. The number of sulfonamides is 1. The fourth-order valence-electron chi connectivity index (χ4n) is 2.59. The van der Waals surface area contributed by atoms with Crippen molar-refractivity contribution in [1.29, 1.82) is 0 Å². The molecule has 1 saturated carbocycles. The highest BCUT2D eigenvalue weighted by Gasteiger charge is 2.36. The first-order chi connectivity index (χ1) is 10.2. The summed E-state index contributed by atoms with van der Waals surface area (Å²) in [6.07, 6.45) is 4.39. The van der Waals surface area contributed by atoms with E-state index in [4.69, 9.17) is 6.42 Å². The third kappa shape index (κ3) is 3.62. The van der Waals surface area contributed by atoms with Crippen molar-refractivity contribution in [1.82, 2.24) is 4.72 Å². The predicted molar refractivity (Wildman–Crippen MR) is 76.4 cm³/mol. The molecule has 1 aromatic carbocycles. The Labute approximate surface area is 128 Å². The molecule has 0 saturated heterocycles. The fraction of sp³-hybridized carbons (Fsp3) is 0.467. The van der Waals surface area contributed by atoms with Crippen molar-refractivity contribution < 1.29 is 21.6 Å². The van der Waals surface area contributed by atoms with E-state index in [0.717, 1.165) is 37.5 Å². The topological polar surface area (TPSA) is 46.2 Å². The van der Waals surface area contributed by atoms with Crippen molar-refractivity contribution in [2.45, 2.75) is 48.7 Å². The molecular weight excluding hydrogens is 315 g/mol. The first-order valence-electron chi connectivity index (χ1n) is 6.88. The average Bonchev–Trinajstić information content (AvgIpc) is 2.47. The number of nitrogens with one attached hydrogen (secondary N) is 1. The molecule has 1 aliphatic rings. The van der Waals surface area contributed by atoms with Crippen molar-refractivity contribution in [2.75, 3.05) is 0 Å². The van der Waals surface area contributed by atoms with Gasteiger partial charge in [-0.2, -0.15) is 17.9 Å². The second-order valence-electron chi connectivity index (χ2n) is 5.42. The van der Waals surface area contributed by atoms with Crippen LogP contribution in [0.1, 0.15) is 37.7 Å². The zero-order valence-electron chi connectivity index (χ0n) is 11.8. The van der Waals surface area contributed by atoms with Gasteiger partial charge in [0.25, 0.3) is 0 Å². The van der Waals surface area contributed by atoms with Crippen molar-refractivity contribution in [3.8, 4) is 12.3 Å². The van der Waals surface area contributed by atoms with E-state index in [0.29, 0.717) is 18.9 Å². The van der Waals surface area contributed by atoms with Crippen LogP contribution >= 0.6 is 0 Å². The number of hydrogen-bond donors (Lipinski definition) is 1. The molecule has 120 valence electrons. The van der Waals surface area contributed by atoms with Gasteiger partial charge < -0.3 is 0 Å². The summed E-state index contributed by atoms with van der Waals surface area (Å²) in [7, 11) is -4.11. The Morgan fingerprint density at radius 1 is 1.18 bits per heavy atom. The average molecular weight is 331 g/mol. The summed E-state index contributed by atoms with van der Waals surface area (Å²) in [5.41, 5.74) is -2.01. The standard InChI is InChI=1S/C15H16F3NO2S/c1-2-14(9-4-3-5-10-14)19-22(20,21)13-8-6-7-12(11-13)15(16,17)18/h1,6-8,11,19H,3-5,9-10H2. The molecule has 0 spiro atoms. The second kappa shape index (κ2) is 5.94. The lowest BCUT2D eigenvalue weighted by molar-refractivity contribution is -0.137. The molecule has 0 heterocycles. The summed E-state index contributed by atoms with van der Waals surface area (Å²) in [6, 6.07) is 3.65. The molecule has 0 amide bonds. The second-order valence-corrected chi connectivity index (χ2v) is 7.10. The molecule has 22 heavy (non-hydrogen) atoms. The van der Waals surface area contributed by atoms with Gasteiger partial charge in [0.2, 0.25) is 10.0 Å². The van der Waals surface area contributed by atoms with Gasteiger partial charge in [-0.15, -0.1) is 6.42 Å². The molecule has 0 aromatic heterocycles. The summed E-state index contributed by atoms with van der Waals surface area (Å²) >= 11 is 0. The van der Waals surface area contributed by atoms with Gasteiger partial charge in [-0.1, -0.05) is 31.2 Å². The Bertz CT molecular complexity index is 683. The molecule has 0 bridgehead atoms. The van der Waals surface area contributed by atoms with Gasteiger partial charge in [0, 0.05) is 0 Å². The molecule has 0 unspecified atom stereocenters. The van der Waals surface area contributed by atoms with Crippen LogP contribution < -0.4 is 4.72 Å². The zero-order chi connectivity index (χ0) is 16.4. The summed E-state index contributed by atoms with van der Waals surface area (Å²) < 4.78 is 65.3. The monoisotopic (exact) mass is 331 g/mol. The quantitative estimate of drug-likeness (QED) is 0.864. The lowest BCUT2D eigenvalue weighted by Gasteiger charge is -2.33. The number of rotatable bonds is 3. The molecular formula is C15H16F3NO2S. The lowest BCUT2D eigenvalue weighted by atomic mass is 9.83. The maximum Gasteiger partial charge on any atom is 0.416 e. The number of terminal acetylenes is 1. The summed E-state index contributed by atoms with van der Waals surface area (Å²) in [5.74, 6) is 2.48. The molecule has 1 aliphatic carbocycles. The highest BCUT2D eigenvalue weighted by Crippen LogP contribution is 2.32. The van der Waals surface area contributed by atoms with Crippen LogP contribution in [0.25, 0.3) is 0 Å². The van der Waals surface area contributed by atoms with Crippen LogP contribution in [0.2, 0.25) is 0 Å². The maximum absolute atomic E-state index is 12.7. The van der Waals surface area contributed by atoms with Gasteiger partial charge in [0.1, 0.15) is 0 Å². The maximum atomic E-state index is 12.7. The third-order valence-electron chi connectivity index (χ3n) is 3.78. The van der Waals surface area contributed by atoms with E-state index < -0.39 is 32.2 Å². The summed E-state index contributed by atoms with van der Waals surface area (Å²) in [5, 5.41) is 0. The number of halogens is 3. The van der Waals surface area contributed by atoms with Gasteiger partial charge in [-0.25, -0.2) is 8.42 Å². The molecule has 1 aromatic rings. The van der Waals surface area contributed by atoms with Crippen LogP contribution in [0.15, 0.2) is 29.2 Å². The molecule has 2 rings (SSSR count). The molecule has 0 aliphatic heterocycles. The largest absolute Gasteiger partial charge is 0.416 e. The van der Waals surface area contributed by atoms with E-state index in [1.54, 1.807) is 0 Å². The van der Waals surface area contributed by atoms with Crippen molar-refractivity contribution in [3.05, 3.63) is 29.8 Å². The van der Waals surface area contributed by atoms with Crippen LogP contribution in [0, 0.1) is 12.3 Å². The van der Waals surface area contributed by atoms with E-state index in [-0.39, 0.29) is 0 Å². The normalized spacial score (nSPS) is 18.6. The Kier molecular flexibility index (Phi) is 4.54. The minimum absolute atomic E-state index is 0.428. The highest BCUT2D eigenvalue weighted by atomic mass is 32.2. The van der Waals surface area contributed by atoms with Crippen LogP contribution in [0.3, 0.4) is 0 Å². The van der Waals surface area contributed by atoms with Gasteiger partial charge in [0.05, 0.1) is 16.0 Å². The SMILES string of the molecule is C#CC1(NS(=O)(=O)c2cccc(C(F)(F)F)c2)CCCCC1. The van der Waals surface area contributed by atoms with Crippen molar-refractivity contribution >= 4 is 10.0 Å². The molecule has 1 N–H and O–H groups in total. The summed E-state index contributed by atoms with van der Waals surface area (Å²) in [4.78, 5) is -0.428.